The van der Waals surface area contributed by atoms with Crippen LogP contribution < -0.4 is 0 Å². The van der Waals surface area contributed by atoms with Gasteiger partial charge in [0.05, 0.1) is 6.10 Å². The van der Waals surface area contributed by atoms with Crippen molar-refractivity contribution < 1.29 is 19.1 Å². The first kappa shape index (κ1) is 17.9. The maximum atomic E-state index is 12.0. The first-order valence-corrected chi connectivity index (χ1v) is 10.8. The average Bonchev–Trinajstić information content (AvgIpc) is 3.23. The van der Waals surface area contributed by atoms with Crippen LogP contribution >= 0.6 is 0 Å². The molecule has 7 atom stereocenters. The van der Waals surface area contributed by atoms with Gasteiger partial charge < -0.3 is 9.47 Å². The van der Waals surface area contributed by atoms with Gasteiger partial charge in [-0.05, 0) is 56.9 Å². The lowest BCUT2D eigenvalue weighted by molar-refractivity contribution is -0.174. The number of ether oxygens (including phenoxy) is 2. The molecule has 1 spiro atoms. The summed E-state index contributed by atoms with van der Waals surface area (Å²) in [6.45, 7) is 9.15. The van der Waals surface area contributed by atoms with Crippen molar-refractivity contribution >= 4 is 11.8 Å². The van der Waals surface area contributed by atoms with Gasteiger partial charge in [-0.25, -0.2) is 0 Å². The molecule has 4 heteroatoms. The Morgan fingerprint density at radius 1 is 1.11 bits per heavy atom. The molecule has 3 aliphatic carbocycles. The lowest BCUT2D eigenvalue weighted by Gasteiger charge is -2.59. The second-order valence-electron chi connectivity index (χ2n) is 10.4. The van der Waals surface area contributed by atoms with Gasteiger partial charge in [0.2, 0.25) is 0 Å². The molecule has 0 N–H and O–H groups in total. The number of hydrogen-bond acceptors (Lipinski definition) is 4. The van der Waals surface area contributed by atoms with Crippen LogP contribution in [0, 0.1) is 22.7 Å². The average molecular weight is 373 g/mol. The highest BCUT2D eigenvalue weighted by Gasteiger charge is 2.79. The molecule has 2 aliphatic heterocycles. The molecule has 148 valence electrons. The fraction of sp³-hybridized carbons (Fsp3) is 0.826. The monoisotopic (exact) mass is 372 g/mol. The summed E-state index contributed by atoms with van der Waals surface area (Å²) >= 11 is 0. The Labute approximate surface area is 162 Å². The summed E-state index contributed by atoms with van der Waals surface area (Å²) in [5.74, 6) is 1.20. The highest BCUT2D eigenvalue weighted by Crippen LogP contribution is 2.75. The van der Waals surface area contributed by atoms with Gasteiger partial charge in [0.1, 0.15) is 11.2 Å². The molecule has 2 heterocycles. The van der Waals surface area contributed by atoms with E-state index in [0.717, 1.165) is 38.5 Å². The van der Waals surface area contributed by atoms with Gasteiger partial charge in [-0.1, -0.05) is 32.8 Å². The first-order valence-electron chi connectivity index (χ1n) is 10.8. The van der Waals surface area contributed by atoms with Crippen molar-refractivity contribution in [3.8, 4) is 0 Å². The molecular formula is C23H32O4. The lowest BCUT2D eigenvalue weighted by Crippen LogP contribution is -2.62. The molecule has 7 unspecified atom stereocenters. The number of carbonyl (C=O) groups is 2. The van der Waals surface area contributed by atoms with Gasteiger partial charge in [-0.2, -0.15) is 0 Å². The number of hydrogen-bond donors (Lipinski definition) is 0. The van der Waals surface area contributed by atoms with Gasteiger partial charge in [0.25, 0.3) is 0 Å². The smallest absolute Gasteiger partial charge is 0.306 e. The molecule has 4 fully saturated rings. The van der Waals surface area contributed by atoms with Crippen LogP contribution in [0.4, 0.5) is 0 Å². The standard InChI is InChI=1S/C23H32O4/c1-5-16-17-7-6-14-12-15(24)8-10-20(14,2)23(17)18(26-23)13-21(16,3)22(4)11-9-19(25)27-22/h12,16-18H,5-11,13H2,1-4H3. The fourth-order valence-corrected chi connectivity index (χ4v) is 7.81. The molecule has 0 radical (unpaired) electrons. The molecule has 5 aliphatic rings. The second kappa shape index (κ2) is 5.25. The number of esters is 1. The Kier molecular flexibility index (Phi) is 3.48. The third kappa shape index (κ3) is 1.98. The van der Waals surface area contributed by atoms with E-state index in [-0.39, 0.29) is 39.9 Å². The van der Waals surface area contributed by atoms with Gasteiger partial charge in [0.15, 0.2) is 5.78 Å². The van der Waals surface area contributed by atoms with Crippen molar-refractivity contribution in [2.75, 3.05) is 0 Å². The topological polar surface area (TPSA) is 55.9 Å². The normalized spacial score (nSPS) is 53.8. The number of ketones is 1. The molecular weight excluding hydrogens is 340 g/mol. The van der Waals surface area contributed by atoms with E-state index in [1.54, 1.807) is 0 Å². The van der Waals surface area contributed by atoms with Crippen LogP contribution in [0.3, 0.4) is 0 Å². The Morgan fingerprint density at radius 2 is 1.89 bits per heavy atom. The van der Waals surface area contributed by atoms with E-state index >= 15 is 0 Å². The van der Waals surface area contributed by atoms with E-state index in [2.05, 4.69) is 27.7 Å². The summed E-state index contributed by atoms with van der Waals surface area (Å²) < 4.78 is 12.6. The predicted octanol–water partition coefficient (Wildman–Crippen LogP) is 4.36. The number of carbonyl (C=O) groups excluding carboxylic acids is 2. The van der Waals surface area contributed by atoms with Crippen LogP contribution in [-0.2, 0) is 19.1 Å². The number of fused-ring (bicyclic) bond motifs is 1. The predicted molar refractivity (Wildman–Crippen MR) is 101 cm³/mol. The minimum Gasteiger partial charge on any atom is -0.459 e. The molecule has 0 aromatic carbocycles. The summed E-state index contributed by atoms with van der Waals surface area (Å²) in [5.41, 5.74) is 0.788. The molecule has 0 aromatic rings. The van der Waals surface area contributed by atoms with Crippen molar-refractivity contribution in [2.45, 2.75) is 96.4 Å². The summed E-state index contributed by atoms with van der Waals surface area (Å²) in [7, 11) is 0. The second-order valence-corrected chi connectivity index (χ2v) is 10.4. The van der Waals surface area contributed by atoms with Crippen LogP contribution in [0.5, 0.6) is 0 Å². The van der Waals surface area contributed by atoms with Gasteiger partial charge >= 0.3 is 5.97 Å². The Morgan fingerprint density at radius 3 is 2.56 bits per heavy atom. The van der Waals surface area contributed by atoms with E-state index in [4.69, 9.17) is 9.47 Å². The van der Waals surface area contributed by atoms with Crippen LogP contribution in [0.25, 0.3) is 0 Å². The molecule has 5 rings (SSSR count). The van der Waals surface area contributed by atoms with Gasteiger partial charge in [-0.3, -0.25) is 9.59 Å². The summed E-state index contributed by atoms with van der Waals surface area (Å²) in [5, 5.41) is 0. The van der Waals surface area contributed by atoms with Crippen LogP contribution in [0.1, 0.15) is 79.1 Å². The highest BCUT2D eigenvalue weighted by atomic mass is 16.6. The Bertz CT molecular complexity index is 755. The molecule has 0 aromatic heterocycles. The summed E-state index contributed by atoms with van der Waals surface area (Å²) in [6, 6.07) is 0. The zero-order valence-electron chi connectivity index (χ0n) is 17.1. The fourth-order valence-electron chi connectivity index (χ4n) is 7.81. The van der Waals surface area contributed by atoms with Crippen molar-refractivity contribution in [1.82, 2.24) is 0 Å². The minimum atomic E-state index is -0.386. The zero-order chi connectivity index (χ0) is 19.2. The summed E-state index contributed by atoms with van der Waals surface area (Å²) in [6.07, 6.45) is 9.23. The van der Waals surface area contributed by atoms with Crippen LogP contribution in [0.2, 0.25) is 0 Å². The number of epoxide rings is 1. The van der Waals surface area contributed by atoms with Crippen molar-refractivity contribution in [2.24, 2.45) is 22.7 Å². The van der Waals surface area contributed by atoms with Gasteiger partial charge in [0, 0.05) is 23.7 Å². The molecule has 0 amide bonds. The molecule has 2 saturated carbocycles. The van der Waals surface area contributed by atoms with Crippen molar-refractivity contribution in [1.29, 1.82) is 0 Å². The highest BCUT2D eigenvalue weighted by molar-refractivity contribution is 5.91. The van der Waals surface area contributed by atoms with Gasteiger partial charge in [-0.15, -0.1) is 0 Å². The van der Waals surface area contributed by atoms with Crippen molar-refractivity contribution in [3.05, 3.63) is 11.6 Å². The summed E-state index contributed by atoms with van der Waals surface area (Å²) in [4.78, 5) is 24.0. The first-order chi connectivity index (χ1) is 12.7. The Balaban J connectivity index is 1.56. The SMILES string of the molecule is CCC1C2CCC3=CC(=O)CCC3(C)C23OC3CC1(C)C1(C)CCC(=O)O1. The number of cyclic esters (lactones) is 1. The van der Waals surface area contributed by atoms with E-state index in [9.17, 15) is 9.59 Å². The quantitative estimate of drug-likeness (QED) is 0.534. The largest absolute Gasteiger partial charge is 0.459 e. The lowest BCUT2D eigenvalue weighted by atomic mass is 9.44. The molecule has 0 bridgehead atoms. The Hall–Kier alpha value is -1.16. The maximum absolute atomic E-state index is 12.0. The van der Waals surface area contributed by atoms with Crippen LogP contribution in [-0.4, -0.2) is 29.1 Å². The molecule has 27 heavy (non-hydrogen) atoms. The zero-order valence-corrected chi connectivity index (χ0v) is 17.1. The number of allylic oxidation sites excluding steroid dienone is 1. The van der Waals surface area contributed by atoms with E-state index in [0.29, 0.717) is 24.7 Å². The van der Waals surface area contributed by atoms with Crippen molar-refractivity contribution in [3.63, 3.8) is 0 Å². The van der Waals surface area contributed by atoms with E-state index in [1.165, 1.54) is 5.57 Å². The molecule has 2 saturated heterocycles. The molecule has 4 nitrogen and oxygen atoms in total. The number of rotatable bonds is 2. The van der Waals surface area contributed by atoms with E-state index in [1.807, 2.05) is 6.08 Å². The maximum Gasteiger partial charge on any atom is 0.306 e. The third-order valence-electron chi connectivity index (χ3n) is 9.52. The van der Waals surface area contributed by atoms with E-state index < -0.39 is 0 Å². The minimum absolute atomic E-state index is 0.00347. The van der Waals surface area contributed by atoms with Crippen LogP contribution in [0.15, 0.2) is 11.6 Å². The third-order valence-corrected chi connectivity index (χ3v) is 9.52.